The molecule has 0 radical (unpaired) electrons. The summed E-state index contributed by atoms with van der Waals surface area (Å²) in [6, 6.07) is 5.29. The Labute approximate surface area is 124 Å². The fourth-order valence-corrected chi connectivity index (χ4v) is 2.40. The minimum Gasteiger partial charge on any atom is -0.493 e. The van der Waals surface area contributed by atoms with Crippen molar-refractivity contribution in [2.75, 3.05) is 11.9 Å². The lowest BCUT2D eigenvalue weighted by Crippen LogP contribution is -2.15. The maximum absolute atomic E-state index is 12.3. The van der Waals surface area contributed by atoms with Crippen LogP contribution in [0.15, 0.2) is 24.4 Å². The second-order valence-corrected chi connectivity index (χ2v) is 5.11. The van der Waals surface area contributed by atoms with Crippen molar-refractivity contribution in [2.24, 2.45) is 0 Å². The molecule has 2 rings (SSSR count). The van der Waals surface area contributed by atoms with Gasteiger partial charge in [-0.3, -0.25) is 20.2 Å². The van der Waals surface area contributed by atoms with Gasteiger partial charge in [0.2, 0.25) is 0 Å². The Balaban J connectivity index is 2.25. The number of nitro groups is 1. The highest BCUT2D eigenvalue weighted by Gasteiger charge is 2.18. The average molecular weight is 307 g/mol. The number of hydrogen-bond acceptors (Lipinski definition) is 6. The molecule has 1 N–H and O–H groups in total. The van der Waals surface area contributed by atoms with Crippen molar-refractivity contribution in [3.63, 3.8) is 0 Å². The largest absolute Gasteiger partial charge is 0.493 e. The van der Waals surface area contributed by atoms with Crippen LogP contribution in [-0.2, 0) is 0 Å². The standard InChI is InChI=1S/C13H13N3O4S/c1-3-20-9-6-4-5-8(2)11(9)12(17)15-13-14-7-10(21-13)16(18)19/h4-7H,3H2,1-2H3,(H,14,15,17). The van der Waals surface area contributed by atoms with Gasteiger partial charge in [0.25, 0.3) is 5.91 Å². The first-order valence-corrected chi connectivity index (χ1v) is 6.98. The normalized spacial score (nSPS) is 10.2. The molecular weight excluding hydrogens is 294 g/mol. The molecule has 8 heteroatoms. The third kappa shape index (κ3) is 3.34. The van der Waals surface area contributed by atoms with Crippen LogP contribution >= 0.6 is 11.3 Å². The summed E-state index contributed by atoms with van der Waals surface area (Å²) in [5.74, 6) is 0.0712. The third-order valence-corrected chi connectivity index (χ3v) is 3.52. The summed E-state index contributed by atoms with van der Waals surface area (Å²) in [5, 5.41) is 13.2. The zero-order chi connectivity index (χ0) is 15.4. The Kier molecular flexibility index (Phi) is 4.49. The molecule has 2 aromatic rings. The van der Waals surface area contributed by atoms with Crippen LogP contribution in [0.4, 0.5) is 10.1 Å². The smallest absolute Gasteiger partial charge is 0.345 e. The molecule has 21 heavy (non-hydrogen) atoms. The molecule has 1 amide bonds. The molecular formula is C13H13N3O4S. The van der Waals surface area contributed by atoms with Crippen LogP contribution in [0.25, 0.3) is 0 Å². The van der Waals surface area contributed by atoms with E-state index in [2.05, 4.69) is 10.3 Å². The van der Waals surface area contributed by atoms with E-state index in [1.54, 1.807) is 25.1 Å². The molecule has 0 aliphatic heterocycles. The Morgan fingerprint density at radius 3 is 2.90 bits per heavy atom. The summed E-state index contributed by atoms with van der Waals surface area (Å²) >= 11 is 0.806. The number of anilines is 1. The fourth-order valence-electron chi connectivity index (χ4n) is 1.78. The van der Waals surface area contributed by atoms with Crippen LogP contribution in [-0.4, -0.2) is 22.4 Å². The number of carbonyl (C=O) groups excluding carboxylic acids is 1. The number of rotatable bonds is 5. The predicted molar refractivity (Wildman–Crippen MR) is 79.1 cm³/mol. The van der Waals surface area contributed by atoms with E-state index in [9.17, 15) is 14.9 Å². The van der Waals surface area contributed by atoms with Gasteiger partial charge in [-0.25, -0.2) is 4.98 Å². The van der Waals surface area contributed by atoms with Gasteiger partial charge in [-0.2, -0.15) is 0 Å². The van der Waals surface area contributed by atoms with Gasteiger partial charge in [0.05, 0.1) is 17.1 Å². The molecule has 1 aromatic heterocycles. The number of thiazole rings is 1. The van der Waals surface area contributed by atoms with Crippen molar-refractivity contribution in [1.29, 1.82) is 0 Å². The maximum Gasteiger partial charge on any atom is 0.345 e. The average Bonchev–Trinajstić information content (AvgIpc) is 2.87. The van der Waals surface area contributed by atoms with Crippen LogP contribution in [0.2, 0.25) is 0 Å². The van der Waals surface area contributed by atoms with E-state index < -0.39 is 10.8 Å². The van der Waals surface area contributed by atoms with Gasteiger partial charge in [0.15, 0.2) is 5.13 Å². The lowest BCUT2D eigenvalue weighted by Gasteiger charge is -2.11. The Morgan fingerprint density at radius 2 is 2.29 bits per heavy atom. The number of benzene rings is 1. The number of aromatic nitrogens is 1. The van der Waals surface area contributed by atoms with Crippen LogP contribution in [0.5, 0.6) is 5.75 Å². The summed E-state index contributed by atoms with van der Waals surface area (Å²) in [6.45, 7) is 4.06. The SMILES string of the molecule is CCOc1cccc(C)c1C(=O)Nc1ncc([N+](=O)[O-])s1. The van der Waals surface area contributed by atoms with Crippen LogP contribution in [0.1, 0.15) is 22.8 Å². The maximum atomic E-state index is 12.3. The van der Waals surface area contributed by atoms with E-state index in [0.717, 1.165) is 23.1 Å². The first kappa shape index (κ1) is 14.9. The lowest BCUT2D eigenvalue weighted by atomic mass is 10.1. The van der Waals surface area contributed by atoms with Gasteiger partial charge in [-0.15, -0.1) is 0 Å². The highest BCUT2D eigenvalue weighted by molar-refractivity contribution is 7.18. The molecule has 7 nitrogen and oxygen atoms in total. The number of carbonyl (C=O) groups is 1. The quantitative estimate of drug-likeness (QED) is 0.677. The number of nitrogens with one attached hydrogen (secondary N) is 1. The van der Waals surface area contributed by atoms with Gasteiger partial charge >= 0.3 is 5.00 Å². The molecule has 0 saturated heterocycles. The fraction of sp³-hybridized carbons (Fsp3) is 0.231. The first-order valence-electron chi connectivity index (χ1n) is 6.17. The topological polar surface area (TPSA) is 94.4 Å². The summed E-state index contributed by atoms with van der Waals surface area (Å²) in [6.07, 6.45) is 1.11. The number of amides is 1. The van der Waals surface area contributed by atoms with Crippen molar-refractivity contribution in [3.05, 3.63) is 45.6 Å². The third-order valence-electron chi connectivity index (χ3n) is 2.66. The molecule has 0 atom stereocenters. The molecule has 0 fully saturated rings. The van der Waals surface area contributed by atoms with Gasteiger partial charge in [-0.1, -0.05) is 12.1 Å². The molecule has 0 saturated carbocycles. The van der Waals surface area contributed by atoms with Gasteiger partial charge in [-0.05, 0) is 36.8 Å². The number of hydrogen-bond donors (Lipinski definition) is 1. The minimum absolute atomic E-state index is 0.125. The Morgan fingerprint density at radius 1 is 1.52 bits per heavy atom. The molecule has 0 bridgehead atoms. The highest BCUT2D eigenvalue weighted by atomic mass is 32.1. The highest BCUT2D eigenvalue weighted by Crippen LogP contribution is 2.27. The van der Waals surface area contributed by atoms with Crippen molar-refractivity contribution in [2.45, 2.75) is 13.8 Å². The van der Waals surface area contributed by atoms with Gasteiger partial charge < -0.3 is 4.74 Å². The number of aryl methyl sites for hydroxylation is 1. The second-order valence-electron chi connectivity index (χ2n) is 4.10. The van der Waals surface area contributed by atoms with Crippen molar-refractivity contribution in [3.8, 4) is 5.75 Å². The number of ether oxygens (including phenoxy) is 1. The molecule has 110 valence electrons. The van der Waals surface area contributed by atoms with E-state index in [1.807, 2.05) is 6.92 Å². The molecule has 0 aliphatic carbocycles. The monoisotopic (exact) mass is 307 g/mol. The molecule has 1 heterocycles. The second kappa shape index (κ2) is 6.31. The van der Waals surface area contributed by atoms with E-state index >= 15 is 0 Å². The van der Waals surface area contributed by atoms with E-state index in [-0.39, 0.29) is 10.1 Å². The molecule has 0 unspecified atom stereocenters. The van der Waals surface area contributed by atoms with E-state index in [1.165, 1.54) is 0 Å². The zero-order valence-corrected chi connectivity index (χ0v) is 12.3. The lowest BCUT2D eigenvalue weighted by molar-refractivity contribution is -0.380. The summed E-state index contributed by atoms with van der Waals surface area (Å²) in [7, 11) is 0. The number of nitrogens with zero attached hydrogens (tertiary/aromatic N) is 2. The van der Waals surface area contributed by atoms with Crippen LogP contribution in [0, 0.1) is 17.0 Å². The van der Waals surface area contributed by atoms with Gasteiger partial charge in [0.1, 0.15) is 11.9 Å². The molecule has 1 aromatic carbocycles. The van der Waals surface area contributed by atoms with Crippen LogP contribution < -0.4 is 10.1 Å². The van der Waals surface area contributed by atoms with Crippen molar-refractivity contribution < 1.29 is 14.5 Å². The first-order chi connectivity index (χ1) is 10.0. The summed E-state index contributed by atoms with van der Waals surface area (Å²) in [4.78, 5) is 26.2. The minimum atomic E-state index is -0.549. The Hall–Kier alpha value is -2.48. The van der Waals surface area contributed by atoms with Crippen molar-refractivity contribution >= 4 is 27.4 Å². The van der Waals surface area contributed by atoms with Crippen LogP contribution in [0.3, 0.4) is 0 Å². The summed E-state index contributed by atoms with van der Waals surface area (Å²) in [5.41, 5.74) is 1.15. The zero-order valence-electron chi connectivity index (χ0n) is 11.5. The van der Waals surface area contributed by atoms with E-state index in [0.29, 0.717) is 17.9 Å². The van der Waals surface area contributed by atoms with E-state index in [4.69, 9.17) is 4.74 Å². The van der Waals surface area contributed by atoms with Gasteiger partial charge in [0, 0.05) is 0 Å². The van der Waals surface area contributed by atoms with Crippen molar-refractivity contribution in [1.82, 2.24) is 4.98 Å². The molecule has 0 aliphatic rings. The Bertz CT molecular complexity index is 684. The predicted octanol–water partition coefficient (Wildman–Crippen LogP) is 3.01. The molecule has 0 spiro atoms. The summed E-state index contributed by atoms with van der Waals surface area (Å²) < 4.78 is 5.43.